The fourth-order valence-corrected chi connectivity index (χ4v) is 8.13. The molecule has 9 aromatic carbocycles. The summed E-state index contributed by atoms with van der Waals surface area (Å²) in [6.45, 7) is 0. The maximum Gasteiger partial charge on any atom is 0.144 e. The van der Waals surface area contributed by atoms with Gasteiger partial charge in [-0.2, -0.15) is 0 Å². The standard InChI is InChI=1S/C50H31NO2/c1-2-11-32(12-3-1)34-23-25-38(26-24-34)51(44-19-10-16-35-14-6-7-17-40(35)44)39-27-28-41-43-31-47-49(42-18-8-9-20-45(42)52-47)48(50(43)53-46(41)30-39)37-22-21-33-13-4-5-15-36(33)29-37/h1-31H. The molecule has 2 heterocycles. The zero-order valence-electron chi connectivity index (χ0n) is 28.7. The summed E-state index contributed by atoms with van der Waals surface area (Å²) in [5.74, 6) is 0. The summed E-state index contributed by atoms with van der Waals surface area (Å²) in [7, 11) is 0. The van der Waals surface area contributed by atoms with Crippen LogP contribution in [0.1, 0.15) is 0 Å². The first-order valence-corrected chi connectivity index (χ1v) is 18.0. The topological polar surface area (TPSA) is 29.5 Å². The Morgan fingerprint density at radius 2 is 1.02 bits per heavy atom. The van der Waals surface area contributed by atoms with Gasteiger partial charge in [0.05, 0.1) is 5.69 Å². The third-order valence-corrected chi connectivity index (χ3v) is 10.6. The largest absolute Gasteiger partial charge is 0.456 e. The fourth-order valence-electron chi connectivity index (χ4n) is 8.13. The van der Waals surface area contributed by atoms with Gasteiger partial charge in [-0.1, -0.05) is 133 Å². The molecule has 0 saturated heterocycles. The van der Waals surface area contributed by atoms with Crippen molar-refractivity contribution >= 4 is 82.5 Å². The third-order valence-electron chi connectivity index (χ3n) is 10.6. The molecule has 0 bridgehead atoms. The van der Waals surface area contributed by atoms with Gasteiger partial charge in [0, 0.05) is 49.9 Å². The van der Waals surface area contributed by atoms with E-state index in [1.165, 1.54) is 32.7 Å². The van der Waals surface area contributed by atoms with Crippen molar-refractivity contribution < 1.29 is 8.83 Å². The first-order chi connectivity index (χ1) is 26.3. The summed E-state index contributed by atoms with van der Waals surface area (Å²) >= 11 is 0. The predicted molar refractivity (Wildman–Crippen MR) is 222 cm³/mol. The van der Waals surface area contributed by atoms with Crippen molar-refractivity contribution in [3.05, 3.63) is 188 Å². The Bertz CT molecular complexity index is 3160. The van der Waals surface area contributed by atoms with Crippen LogP contribution in [0.2, 0.25) is 0 Å². The van der Waals surface area contributed by atoms with Crippen LogP contribution in [0.5, 0.6) is 0 Å². The van der Waals surface area contributed by atoms with Gasteiger partial charge < -0.3 is 13.7 Å². The average molecular weight is 678 g/mol. The highest BCUT2D eigenvalue weighted by Gasteiger charge is 2.23. The Labute approximate surface area is 305 Å². The van der Waals surface area contributed by atoms with E-state index in [0.717, 1.165) is 72.1 Å². The normalized spacial score (nSPS) is 11.8. The van der Waals surface area contributed by atoms with Crippen LogP contribution in [0.4, 0.5) is 17.1 Å². The van der Waals surface area contributed by atoms with Crippen molar-refractivity contribution in [2.45, 2.75) is 0 Å². The summed E-state index contributed by atoms with van der Waals surface area (Å²) in [5, 5.41) is 8.99. The van der Waals surface area contributed by atoms with E-state index in [2.05, 4.69) is 181 Å². The Morgan fingerprint density at radius 3 is 1.89 bits per heavy atom. The van der Waals surface area contributed by atoms with Gasteiger partial charge >= 0.3 is 0 Å². The van der Waals surface area contributed by atoms with Crippen LogP contribution in [-0.2, 0) is 0 Å². The lowest BCUT2D eigenvalue weighted by atomic mass is 9.95. The van der Waals surface area contributed by atoms with Crippen molar-refractivity contribution in [3.63, 3.8) is 0 Å². The smallest absolute Gasteiger partial charge is 0.144 e. The van der Waals surface area contributed by atoms with Gasteiger partial charge in [-0.15, -0.1) is 0 Å². The Balaban J connectivity index is 1.15. The van der Waals surface area contributed by atoms with Crippen molar-refractivity contribution in [2.24, 2.45) is 0 Å². The van der Waals surface area contributed by atoms with Crippen LogP contribution >= 0.6 is 0 Å². The predicted octanol–water partition coefficient (Wildman–Crippen LogP) is 14.6. The summed E-state index contributed by atoms with van der Waals surface area (Å²) in [6, 6.07) is 66.7. The number of benzene rings is 9. The van der Waals surface area contributed by atoms with Crippen LogP contribution in [0, 0.1) is 0 Å². The third kappa shape index (κ3) is 4.75. The molecule has 0 aliphatic carbocycles. The highest BCUT2D eigenvalue weighted by Crippen LogP contribution is 2.47. The average Bonchev–Trinajstić information content (AvgIpc) is 3.78. The Morgan fingerprint density at radius 1 is 0.340 bits per heavy atom. The van der Waals surface area contributed by atoms with Gasteiger partial charge in [-0.25, -0.2) is 0 Å². The van der Waals surface area contributed by atoms with Crippen LogP contribution in [0.15, 0.2) is 197 Å². The molecule has 0 unspecified atom stereocenters. The molecular weight excluding hydrogens is 647 g/mol. The van der Waals surface area contributed by atoms with Crippen molar-refractivity contribution in [1.82, 2.24) is 0 Å². The van der Waals surface area contributed by atoms with Crippen molar-refractivity contribution in [1.29, 1.82) is 0 Å². The van der Waals surface area contributed by atoms with E-state index in [4.69, 9.17) is 8.83 Å². The molecule has 0 amide bonds. The molecule has 11 aromatic rings. The highest BCUT2D eigenvalue weighted by molar-refractivity contribution is 6.24. The van der Waals surface area contributed by atoms with Crippen LogP contribution < -0.4 is 4.90 Å². The van der Waals surface area contributed by atoms with E-state index in [-0.39, 0.29) is 0 Å². The first-order valence-electron chi connectivity index (χ1n) is 18.0. The quantitative estimate of drug-likeness (QED) is 0.182. The van der Waals surface area contributed by atoms with E-state index < -0.39 is 0 Å². The minimum absolute atomic E-state index is 0.822. The molecule has 53 heavy (non-hydrogen) atoms. The van der Waals surface area contributed by atoms with Gasteiger partial charge in [-0.3, -0.25) is 0 Å². The number of furan rings is 2. The molecule has 3 nitrogen and oxygen atoms in total. The molecule has 248 valence electrons. The molecule has 0 fully saturated rings. The molecule has 0 saturated carbocycles. The van der Waals surface area contributed by atoms with E-state index in [1.54, 1.807) is 0 Å². The number of hydrogen-bond donors (Lipinski definition) is 0. The lowest BCUT2D eigenvalue weighted by Crippen LogP contribution is -2.10. The molecule has 0 aliphatic heterocycles. The van der Waals surface area contributed by atoms with Gasteiger partial charge in [0.1, 0.15) is 22.3 Å². The Kier molecular flexibility index (Phi) is 6.55. The zero-order valence-corrected chi connectivity index (χ0v) is 28.7. The molecule has 2 aromatic heterocycles. The number of hydrogen-bond acceptors (Lipinski definition) is 3. The van der Waals surface area contributed by atoms with Crippen LogP contribution in [0.25, 0.3) is 87.7 Å². The highest BCUT2D eigenvalue weighted by atomic mass is 16.3. The fraction of sp³-hybridized carbons (Fsp3) is 0. The maximum atomic E-state index is 7.04. The second-order valence-electron chi connectivity index (χ2n) is 13.7. The van der Waals surface area contributed by atoms with Crippen LogP contribution in [-0.4, -0.2) is 0 Å². The lowest BCUT2D eigenvalue weighted by molar-refractivity contribution is 0.664. The number of nitrogens with zero attached hydrogens (tertiary/aromatic N) is 1. The van der Waals surface area contributed by atoms with Gasteiger partial charge in [-0.05, 0) is 81.4 Å². The lowest BCUT2D eigenvalue weighted by Gasteiger charge is -2.27. The minimum atomic E-state index is 0.822. The van der Waals surface area contributed by atoms with Gasteiger partial charge in [0.25, 0.3) is 0 Å². The minimum Gasteiger partial charge on any atom is -0.456 e. The van der Waals surface area contributed by atoms with E-state index in [0.29, 0.717) is 0 Å². The monoisotopic (exact) mass is 677 g/mol. The van der Waals surface area contributed by atoms with E-state index >= 15 is 0 Å². The molecule has 0 radical (unpaired) electrons. The van der Waals surface area contributed by atoms with Crippen molar-refractivity contribution in [2.75, 3.05) is 4.90 Å². The van der Waals surface area contributed by atoms with Gasteiger partial charge in [0.2, 0.25) is 0 Å². The number of para-hydroxylation sites is 1. The number of fused-ring (bicyclic) bond motifs is 8. The SMILES string of the molecule is c1ccc(-c2ccc(N(c3ccc4c(c3)oc3c(-c5ccc6ccccc6c5)c5c(cc34)oc3ccccc35)c3cccc4ccccc34)cc2)cc1. The molecule has 0 N–H and O–H groups in total. The first kappa shape index (κ1) is 29.6. The molecule has 0 spiro atoms. The zero-order chi connectivity index (χ0) is 34.9. The molecule has 0 aliphatic rings. The van der Waals surface area contributed by atoms with E-state index in [9.17, 15) is 0 Å². The summed E-state index contributed by atoms with van der Waals surface area (Å²) in [4.78, 5) is 2.34. The number of rotatable bonds is 5. The molecule has 3 heteroatoms. The maximum absolute atomic E-state index is 7.04. The second kappa shape index (κ2) is 11.7. The number of anilines is 3. The molecular formula is C50H31NO2. The Hall–Kier alpha value is -7.10. The van der Waals surface area contributed by atoms with Crippen LogP contribution in [0.3, 0.4) is 0 Å². The van der Waals surface area contributed by atoms with Crippen molar-refractivity contribution in [3.8, 4) is 22.3 Å². The molecule has 0 atom stereocenters. The summed E-state index contributed by atoms with van der Waals surface area (Å²) < 4.78 is 13.6. The summed E-state index contributed by atoms with van der Waals surface area (Å²) in [5.41, 5.74) is 11.1. The van der Waals surface area contributed by atoms with Gasteiger partial charge in [0.15, 0.2) is 0 Å². The summed E-state index contributed by atoms with van der Waals surface area (Å²) in [6.07, 6.45) is 0. The molecule has 11 rings (SSSR count). The van der Waals surface area contributed by atoms with E-state index in [1.807, 2.05) is 12.1 Å². The second-order valence-corrected chi connectivity index (χ2v) is 13.7.